The lowest BCUT2D eigenvalue weighted by Gasteiger charge is -2.37. The van der Waals surface area contributed by atoms with Crippen LogP contribution in [0.1, 0.15) is 0 Å². The zero-order valence-corrected chi connectivity index (χ0v) is 6.64. The Morgan fingerprint density at radius 2 is 1.33 bits per heavy atom. The molecule has 0 radical (unpaired) electrons. The maximum atomic E-state index is 9.28. The van der Waals surface area contributed by atoms with Gasteiger partial charge in [0.1, 0.15) is 11.9 Å². The summed E-state index contributed by atoms with van der Waals surface area (Å²) in [5, 5.41) is 26.7. The quantitative estimate of drug-likeness (QED) is 0.214. The van der Waals surface area contributed by atoms with Gasteiger partial charge in [0.25, 0.3) is 0 Å². The molecule has 0 saturated carbocycles. The van der Waals surface area contributed by atoms with Gasteiger partial charge in [0.15, 0.2) is 0 Å². The first-order valence-corrected chi connectivity index (χ1v) is 3.33. The van der Waals surface area contributed by atoms with Crippen molar-refractivity contribution in [1.82, 2.24) is 0 Å². The Morgan fingerprint density at radius 1 is 1.00 bits per heavy atom. The molecule has 0 aliphatic rings. The smallest absolute Gasteiger partial charge is 0.144 e. The van der Waals surface area contributed by atoms with Crippen molar-refractivity contribution in [2.75, 3.05) is 13.2 Å². The summed E-state index contributed by atoms with van der Waals surface area (Å²) < 4.78 is 0. The first kappa shape index (κ1) is 11.7. The highest BCUT2D eigenvalue weighted by molar-refractivity contribution is 4.99. The predicted octanol–water partition coefficient (Wildman–Crippen LogP) is -4.44. The van der Waals surface area contributed by atoms with Crippen LogP contribution in [0.15, 0.2) is 0 Å². The lowest BCUT2D eigenvalue weighted by atomic mass is 9.91. The molecule has 0 aromatic rings. The SMILES string of the molecule is NC(N)(N)C(O)C(N)(CO)CO. The van der Waals surface area contributed by atoms with Crippen molar-refractivity contribution in [3.8, 4) is 0 Å². The van der Waals surface area contributed by atoms with Crippen LogP contribution in [0.4, 0.5) is 0 Å². The molecule has 0 aromatic heterocycles. The van der Waals surface area contributed by atoms with Crippen LogP contribution in [0, 0.1) is 0 Å². The normalized spacial score (nSPS) is 16.2. The van der Waals surface area contributed by atoms with Crippen LogP contribution in [0.5, 0.6) is 0 Å². The molecule has 0 aliphatic heterocycles. The molecular formula is C5H16N4O3. The molecule has 7 heteroatoms. The van der Waals surface area contributed by atoms with E-state index in [0.717, 1.165) is 0 Å². The standard InChI is InChI=1S/C5H16N4O3/c6-4(1-10,2-11)3(12)5(7,8)9/h3,10-12H,1-2,6-9H2. The molecule has 0 spiro atoms. The number of aliphatic hydroxyl groups excluding tert-OH is 3. The zero-order valence-electron chi connectivity index (χ0n) is 6.64. The molecule has 0 amide bonds. The van der Waals surface area contributed by atoms with Gasteiger partial charge in [0.05, 0.1) is 18.8 Å². The number of hydrogen-bond acceptors (Lipinski definition) is 7. The molecule has 12 heavy (non-hydrogen) atoms. The van der Waals surface area contributed by atoms with E-state index in [0.29, 0.717) is 0 Å². The molecule has 0 saturated heterocycles. The van der Waals surface area contributed by atoms with E-state index in [2.05, 4.69) is 0 Å². The van der Waals surface area contributed by atoms with Gasteiger partial charge in [-0.2, -0.15) is 0 Å². The van der Waals surface area contributed by atoms with Crippen molar-refractivity contribution in [2.45, 2.75) is 17.4 Å². The van der Waals surface area contributed by atoms with E-state index in [1.54, 1.807) is 0 Å². The molecule has 0 bridgehead atoms. The Morgan fingerprint density at radius 3 is 1.42 bits per heavy atom. The first-order chi connectivity index (χ1) is 5.28. The van der Waals surface area contributed by atoms with E-state index in [9.17, 15) is 5.11 Å². The Bertz CT molecular complexity index is 142. The van der Waals surface area contributed by atoms with Gasteiger partial charge in [0, 0.05) is 0 Å². The number of aliphatic hydroxyl groups is 3. The summed E-state index contributed by atoms with van der Waals surface area (Å²) in [6.45, 7) is -1.34. The Kier molecular flexibility index (Phi) is 3.54. The second kappa shape index (κ2) is 3.62. The topological polar surface area (TPSA) is 165 Å². The monoisotopic (exact) mass is 180 g/mol. The highest BCUT2D eigenvalue weighted by Gasteiger charge is 2.41. The van der Waals surface area contributed by atoms with Gasteiger partial charge >= 0.3 is 0 Å². The van der Waals surface area contributed by atoms with E-state index in [4.69, 9.17) is 33.1 Å². The summed E-state index contributed by atoms with van der Waals surface area (Å²) in [6.07, 6.45) is -1.60. The fourth-order valence-corrected chi connectivity index (χ4v) is 0.721. The fraction of sp³-hybridized carbons (Fsp3) is 1.00. The van der Waals surface area contributed by atoms with Crippen LogP contribution >= 0.6 is 0 Å². The molecule has 11 N–H and O–H groups in total. The second-order valence-corrected chi connectivity index (χ2v) is 2.95. The van der Waals surface area contributed by atoms with Gasteiger partial charge < -0.3 is 21.1 Å². The summed E-state index contributed by atoms with van der Waals surface area (Å²) in [7, 11) is 0. The lowest BCUT2D eigenvalue weighted by Crippen LogP contribution is -2.76. The molecule has 1 atom stereocenters. The van der Waals surface area contributed by atoms with E-state index < -0.39 is 30.6 Å². The van der Waals surface area contributed by atoms with Crippen LogP contribution in [0.3, 0.4) is 0 Å². The Balaban J connectivity index is 4.53. The van der Waals surface area contributed by atoms with Crippen molar-refractivity contribution < 1.29 is 15.3 Å². The Labute approximate surface area is 69.9 Å². The van der Waals surface area contributed by atoms with Crippen molar-refractivity contribution in [2.24, 2.45) is 22.9 Å². The van der Waals surface area contributed by atoms with Crippen molar-refractivity contribution in [3.63, 3.8) is 0 Å². The molecular weight excluding hydrogens is 164 g/mol. The summed E-state index contributed by atoms with van der Waals surface area (Å²) in [5.74, 6) is -1.94. The number of rotatable bonds is 4. The molecule has 0 fully saturated rings. The van der Waals surface area contributed by atoms with Gasteiger partial charge in [-0.05, 0) is 0 Å². The highest BCUT2D eigenvalue weighted by Crippen LogP contribution is 2.09. The number of hydrogen-bond donors (Lipinski definition) is 7. The first-order valence-electron chi connectivity index (χ1n) is 3.33. The van der Waals surface area contributed by atoms with Crippen LogP contribution in [-0.4, -0.2) is 46.0 Å². The van der Waals surface area contributed by atoms with E-state index in [1.165, 1.54) is 0 Å². The molecule has 0 rings (SSSR count). The number of nitrogens with two attached hydrogens (primary N) is 4. The lowest BCUT2D eigenvalue weighted by molar-refractivity contribution is -0.0328. The minimum absolute atomic E-state index is 0.669. The molecule has 7 nitrogen and oxygen atoms in total. The highest BCUT2D eigenvalue weighted by atomic mass is 16.3. The average Bonchev–Trinajstić information content (AvgIpc) is 2.00. The maximum Gasteiger partial charge on any atom is 0.144 e. The average molecular weight is 180 g/mol. The maximum absolute atomic E-state index is 9.28. The minimum atomic E-state index is -1.94. The zero-order chi connectivity index (χ0) is 9.99. The third-order valence-corrected chi connectivity index (χ3v) is 1.61. The third-order valence-electron chi connectivity index (χ3n) is 1.61. The Hall–Kier alpha value is -0.280. The fourth-order valence-electron chi connectivity index (χ4n) is 0.721. The summed E-state index contributed by atoms with van der Waals surface area (Å²) >= 11 is 0. The molecule has 0 aliphatic carbocycles. The van der Waals surface area contributed by atoms with Crippen molar-refractivity contribution in [3.05, 3.63) is 0 Å². The van der Waals surface area contributed by atoms with Crippen LogP contribution in [0.2, 0.25) is 0 Å². The molecule has 74 valence electrons. The summed E-state index contributed by atoms with van der Waals surface area (Å²) in [6, 6.07) is 0. The van der Waals surface area contributed by atoms with Gasteiger partial charge in [-0.25, -0.2) is 0 Å². The van der Waals surface area contributed by atoms with E-state index in [1.807, 2.05) is 0 Å². The van der Waals surface area contributed by atoms with E-state index >= 15 is 0 Å². The van der Waals surface area contributed by atoms with Gasteiger partial charge in [-0.15, -0.1) is 0 Å². The van der Waals surface area contributed by atoms with Gasteiger partial charge in [-0.1, -0.05) is 0 Å². The van der Waals surface area contributed by atoms with E-state index in [-0.39, 0.29) is 0 Å². The molecule has 1 unspecified atom stereocenters. The predicted molar refractivity (Wildman–Crippen MR) is 42.4 cm³/mol. The largest absolute Gasteiger partial charge is 0.394 e. The molecule has 0 heterocycles. The summed E-state index contributed by atoms with van der Waals surface area (Å²) in [5.41, 5.74) is 19.0. The van der Waals surface area contributed by atoms with Crippen LogP contribution in [-0.2, 0) is 0 Å². The van der Waals surface area contributed by atoms with Crippen LogP contribution in [0.25, 0.3) is 0 Å². The van der Waals surface area contributed by atoms with Crippen molar-refractivity contribution in [1.29, 1.82) is 0 Å². The third kappa shape index (κ3) is 2.35. The summed E-state index contributed by atoms with van der Waals surface area (Å²) in [4.78, 5) is 0. The van der Waals surface area contributed by atoms with Crippen molar-refractivity contribution >= 4 is 0 Å². The van der Waals surface area contributed by atoms with Crippen LogP contribution < -0.4 is 22.9 Å². The minimum Gasteiger partial charge on any atom is -0.394 e. The molecule has 0 aromatic carbocycles. The van der Waals surface area contributed by atoms with Gasteiger partial charge in [-0.3, -0.25) is 17.2 Å². The van der Waals surface area contributed by atoms with Gasteiger partial charge in [0.2, 0.25) is 0 Å². The second-order valence-electron chi connectivity index (χ2n) is 2.95.